The number of likely N-dealkylation sites (tertiary alicyclic amines) is 1. The maximum atomic E-state index is 14.1. The second-order valence-electron chi connectivity index (χ2n) is 12.2. The lowest BCUT2D eigenvalue weighted by molar-refractivity contribution is -0.166. The molecule has 0 aliphatic carbocycles. The molecule has 0 radical (unpaired) electrons. The van der Waals surface area contributed by atoms with E-state index in [-0.39, 0.29) is 30.6 Å². The summed E-state index contributed by atoms with van der Waals surface area (Å²) in [6.07, 6.45) is 4.05. The molecule has 3 amide bonds. The third-order valence-electron chi connectivity index (χ3n) is 9.18. The largest absolute Gasteiger partial charge is 0.447 e. The molecule has 3 saturated heterocycles. The Bertz CT molecular complexity index is 1560. The summed E-state index contributed by atoms with van der Waals surface area (Å²) < 4.78 is 5.47. The summed E-state index contributed by atoms with van der Waals surface area (Å²) in [5, 5.41) is 0. The molecular weight excluding hydrogens is 580 g/mol. The highest BCUT2D eigenvalue weighted by atomic mass is 16.6. The number of cyclic esters (lactones) is 1. The molecule has 3 aromatic carbocycles. The first kappa shape index (κ1) is 31.2. The summed E-state index contributed by atoms with van der Waals surface area (Å²) in [6, 6.07) is 26.6. The number of nitrogens with zero attached hydrogens (tertiary/aromatic N) is 4. The molecule has 0 spiro atoms. The van der Waals surface area contributed by atoms with E-state index < -0.39 is 30.3 Å². The van der Waals surface area contributed by atoms with Crippen LogP contribution in [0.5, 0.6) is 0 Å². The number of piperazine rings is 1. The Labute approximate surface area is 270 Å². The van der Waals surface area contributed by atoms with Crippen LogP contribution in [0.2, 0.25) is 0 Å². The summed E-state index contributed by atoms with van der Waals surface area (Å²) in [5.41, 5.74) is 3.07. The highest BCUT2D eigenvalue weighted by molar-refractivity contribution is 5.99. The summed E-state index contributed by atoms with van der Waals surface area (Å²) >= 11 is 0. The van der Waals surface area contributed by atoms with Crippen molar-refractivity contribution in [2.24, 2.45) is 0 Å². The quantitative estimate of drug-likeness (QED) is 0.299. The van der Waals surface area contributed by atoms with Gasteiger partial charge in [0.05, 0.1) is 12.1 Å². The third kappa shape index (κ3) is 6.74. The maximum absolute atomic E-state index is 14.1. The number of β-lactam (4-membered cyclic amide) rings is 1. The smallest absolute Gasteiger partial charge is 0.411 e. The lowest BCUT2D eigenvalue weighted by Crippen LogP contribution is -2.74. The van der Waals surface area contributed by atoms with E-state index in [0.717, 1.165) is 37.2 Å². The van der Waals surface area contributed by atoms with Gasteiger partial charge in [-0.1, -0.05) is 103 Å². The van der Waals surface area contributed by atoms with Crippen molar-refractivity contribution in [2.45, 2.75) is 43.9 Å². The van der Waals surface area contributed by atoms with E-state index in [4.69, 9.17) is 4.74 Å². The average Bonchev–Trinajstić information content (AvgIpc) is 3.46. The second kappa shape index (κ2) is 14.1. The fraction of sp³-hybridized carbons (Fsp3) is 0.351. The SMILES string of the molecule is CC(=O)CC(C(=O)N1CCN(CCc2ccccc2)CC1)N1C(=O)C(N2C(=O)OCC2c2ccccc2)C1/C=C/c1ccccc1. The van der Waals surface area contributed by atoms with E-state index in [9.17, 15) is 19.2 Å². The first-order valence-corrected chi connectivity index (χ1v) is 16.0. The number of carbonyl (C=O) groups is 4. The lowest BCUT2D eigenvalue weighted by Gasteiger charge is -2.53. The zero-order chi connectivity index (χ0) is 32.0. The molecule has 4 unspecified atom stereocenters. The van der Waals surface area contributed by atoms with Crippen molar-refractivity contribution >= 4 is 29.8 Å². The Morgan fingerprint density at radius 3 is 2.15 bits per heavy atom. The van der Waals surface area contributed by atoms with E-state index in [1.54, 1.807) is 4.90 Å². The predicted octanol–water partition coefficient (Wildman–Crippen LogP) is 4.21. The van der Waals surface area contributed by atoms with Gasteiger partial charge in [0, 0.05) is 39.1 Å². The van der Waals surface area contributed by atoms with Gasteiger partial charge >= 0.3 is 6.09 Å². The monoisotopic (exact) mass is 620 g/mol. The van der Waals surface area contributed by atoms with Crippen molar-refractivity contribution in [3.8, 4) is 0 Å². The van der Waals surface area contributed by atoms with Crippen molar-refractivity contribution in [3.63, 3.8) is 0 Å². The van der Waals surface area contributed by atoms with Gasteiger partial charge in [0.1, 0.15) is 24.5 Å². The Morgan fingerprint density at radius 2 is 1.50 bits per heavy atom. The van der Waals surface area contributed by atoms with Crippen LogP contribution in [0.25, 0.3) is 6.08 Å². The molecule has 9 nitrogen and oxygen atoms in total. The lowest BCUT2D eigenvalue weighted by atomic mass is 9.87. The fourth-order valence-electron chi connectivity index (χ4n) is 6.72. The van der Waals surface area contributed by atoms with E-state index >= 15 is 0 Å². The number of amides is 3. The highest BCUT2D eigenvalue weighted by Gasteiger charge is 2.58. The maximum Gasteiger partial charge on any atom is 0.411 e. The number of benzene rings is 3. The van der Waals surface area contributed by atoms with Crippen LogP contribution in [0.15, 0.2) is 97.1 Å². The van der Waals surface area contributed by atoms with Crippen molar-refractivity contribution in [3.05, 3.63) is 114 Å². The minimum Gasteiger partial charge on any atom is -0.447 e. The third-order valence-corrected chi connectivity index (χ3v) is 9.18. The molecule has 3 heterocycles. The van der Waals surface area contributed by atoms with Gasteiger partial charge in [-0.2, -0.15) is 0 Å². The van der Waals surface area contributed by atoms with Crippen molar-refractivity contribution < 1.29 is 23.9 Å². The summed E-state index contributed by atoms with van der Waals surface area (Å²) in [4.78, 5) is 61.1. The van der Waals surface area contributed by atoms with Crippen LogP contribution in [0.4, 0.5) is 4.79 Å². The number of ether oxygens (including phenoxy) is 1. The highest BCUT2D eigenvalue weighted by Crippen LogP contribution is 2.39. The van der Waals surface area contributed by atoms with Gasteiger partial charge in [0.2, 0.25) is 11.8 Å². The molecule has 3 fully saturated rings. The molecule has 46 heavy (non-hydrogen) atoms. The van der Waals surface area contributed by atoms with Gasteiger partial charge in [-0.3, -0.25) is 24.2 Å². The van der Waals surface area contributed by atoms with Crippen LogP contribution in [-0.4, -0.2) is 101 Å². The molecular formula is C37H40N4O5. The van der Waals surface area contributed by atoms with Crippen LogP contribution in [0.1, 0.15) is 36.1 Å². The molecule has 9 heteroatoms. The zero-order valence-corrected chi connectivity index (χ0v) is 26.1. The van der Waals surface area contributed by atoms with Crippen molar-refractivity contribution in [1.82, 2.24) is 19.6 Å². The first-order valence-electron chi connectivity index (χ1n) is 16.0. The number of ketones is 1. The van der Waals surface area contributed by atoms with Gasteiger partial charge in [0.15, 0.2) is 0 Å². The molecule has 6 rings (SSSR count). The van der Waals surface area contributed by atoms with E-state index in [2.05, 4.69) is 17.0 Å². The van der Waals surface area contributed by atoms with E-state index in [1.165, 1.54) is 22.3 Å². The number of hydrogen-bond acceptors (Lipinski definition) is 6. The molecule has 238 valence electrons. The first-order chi connectivity index (χ1) is 22.4. The summed E-state index contributed by atoms with van der Waals surface area (Å²) in [6.45, 7) is 4.96. The second-order valence-corrected chi connectivity index (χ2v) is 12.2. The van der Waals surface area contributed by atoms with Crippen LogP contribution < -0.4 is 0 Å². The molecule has 4 atom stereocenters. The summed E-state index contributed by atoms with van der Waals surface area (Å²) in [5.74, 6) is -0.764. The standard InChI is InChI=1S/C37H40N4O5/c1-27(42)25-32(35(43)39-23-21-38(22-24-39)20-19-29-13-7-3-8-14-29)40-31(18-17-28-11-5-2-6-12-28)34(36(40)44)41-33(26-46-37(41)45)30-15-9-4-10-16-30/h2-18,31-34H,19-26H2,1H3/b18-17+. The molecule has 0 bridgehead atoms. The molecule has 0 N–H and O–H groups in total. The van der Waals surface area contributed by atoms with Gasteiger partial charge in [0.25, 0.3) is 0 Å². The van der Waals surface area contributed by atoms with E-state index in [1.807, 2.05) is 91.0 Å². The van der Waals surface area contributed by atoms with Crippen LogP contribution in [0, 0.1) is 0 Å². The van der Waals surface area contributed by atoms with Crippen LogP contribution in [0.3, 0.4) is 0 Å². The Balaban J connectivity index is 1.22. The minimum absolute atomic E-state index is 0.0895. The van der Waals surface area contributed by atoms with Gasteiger partial charge in [-0.05, 0) is 30.0 Å². The Kier molecular flexibility index (Phi) is 9.59. The number of rotatable bonds is 11. The topological polar surface area (TPSA) is 90.5 Å². The molecule has 3 aliphatic heterocycles. The number of carbonyl (C=O) groups excluding carboxylic acids is 4. The van der Waals surface area contributed by atoms with Crippen molar-refractivity contribution in [2.75, 3.05) is 39.3 Å². The predicted molar refractivity (Wildman–Crippen MR) is 175 cm³/mol. The molecule has 0 saturated carbocycles. The average molecular weight is 621 g/mol. The van der Waals surface area contributed by atoms with Crippen LogP contribution in [-0.2, 0) is 25.5 Å². The molecule has 0 aromatic heterocycles. The summed E-state index contributed by atoms with van der Waals surface area (Å²) in [7, 11) is 0. The fourth-order valence-corrected chi connectivity index (χ4v) is 6.72. The van der Waals surface area contributed by atoms with Crippen molar-refractivity contribution in [1.29, 1.82) is 0 Å². The normalized spacial score (nSPS) is 22.5. The molecule has 3 aromatic rings. The van der Waals surface area contributed by atoms with Gasteiger partial charge in [-0.15, -0.1) is 0 Å². The minimum atomic E-state index is -0.962. The Morgan fingerprint density at radius 1 is 0.870 bits per heavy atom. The van der Waals surface area contributed by atoms with E-state index in [0.29, 0.717) is 13.1 Å². The Hall–Kier alpha value is -4.76. The van der Waals surface area contributed by atoms with Crippen LogP contribution >= 0.6 is 0 Å². The number of hydrogen-bond donors (Lipinski definition) is 0. The van der Waals surface area contributed by atoms with Gasteiger partial charge < -0.3 is 14.5 Å². The number of Topliss-reactive ketones (excluding diaryl/α,β-unsaturated/α-hetero) is 1. The van der Waals surface area contributed by atoms with Gasteiger partial charge in [-0.25, -0.2) is 4.79 Å². The zero-order valence-electron chi connectivity index (χ0n) is 26.1. The molecule has 3 aliphatic rings.